The van der Waals surface area contributed by atoms with Crippen molar-refractivity contribution in [2.24, 2.45) is 0 Å². The van der Waals surface area contributed by atoms with Gasteiger partial charge < -0.3 is 28.9 Å². The lowest BCUT2D eigenvalue weighted by Gasteiger charge is -2.21. The van der Waals surface area contributed by atoms with Gasteiger partial charge >= 0.3 is 23.9 Å². The van der Waals surface area contributed by atoms with Crippen LogP contribution in [0.5, 0.6) is 23.0 Å². The summed E-state index contributed by atoms with van der Waals surface area (Å²) in [6.45, 7) is 8.15. The van der Waals surface area contributed by atoms with Crippen molar-refractivity contribution in [3.05, 3.63) is 168 Å². The highest BCUT2D eigenvalue weighted by molar-refractivity contribution is 8.00. The smallest absolute Gasteiger partial charge is 0.311 e. The fourth-order valence-electron chi connectivity index (χ4n) is 12.9. The Morgan fingerprint density at radius 2 is 0.565 bits per heavy atom. The van der Waals surface area contributed by atoms with Gasteiger partial charge in [-0.2, -0.15) is 0 Å². The maximum Gasteiger partial charge on any atom is 0.311 e. The molecule has 0 saturated carbocycles. The molecular formula is C72H50N8O8S4. The number of ether oxygens (including phenoxy) is 4. The van der Waals surface area contributed by atoms with E-state index in [1.807, 2.05) is 125 Å². The van der Waals surface area contributed by atoms with Crippen LogP contribution in [-0.2, 0) is 19.2 Å². The molecule has 450 valence electrons. The van der Waals surface area contributed by atoms with Crippen molar-refractivity contribution in [2.45, 2.75) is 116 Å². The van der Waals surface area contributed by atoms with E-state index in [0.717, 1.165) is 105 Å². The fourth-order valence-corrected chi connectivity index (χ4v) is 16.4. The molecule has 20 heteroatoms. The molecule has 0 spiro atoms. The highest BCUT2D eigenvalue weighted by Gasteiger charge is 2.30. The number of hydrogen-bond donors (Lipinski definition) is 2. The van der Waals surface area contributed by atoms with Crippen LogP contribution < -0.4 is 18.9 Å². The topological polar surface area (TPSA) is 214 Å². The second kappa shape index (κ2) is 22.1. The minimum Gasteiger partial charge on any atom is -0.426 e. The van der Waals surface area contributed by atoms with Crippen LogP contribution in [0.15, 0.2) is 185 Å². The number of benzene rings is 8. The Labute approximate surface area is 542 Å². The molecule has 17 rings (SSSR count). The first-order valence-corrected chi connectivity index (χ1v) is 33.4. The normalized spacial score (nSPS) is 17.8. The lowest BCUT2D eigenvalue weighted by atomic mass is 9.95. The van der Waals surface area contributed by atoms with Crippen LogP contribution in [0.4, 0.5) is 0 Å². The van der Waals surface area contributed by atoms with Crippen molar-refractivity contribution in [1.29, 1.82) is 0 Å². The molecule has 16 nitrogen and oxygen atoms in total. The molecule has 4 atom stereocenters. The van der Waals surface area contributed by atoms with Crippen molar-refractivity contribution in [2.75, 3.05) is 0 Å². The minimum absolute atomic E-state index is 0.0523. The van der Waals surface area contributed by atoms with E-state index >= 15 is 0 Å². The molecule has 0 saturated heterocycles. The zero-order chi connectivity index (χ0) is 62.2. The van der Waals surface area contributed by atoms with E-state index in [1.165, 1.54) is 0 Å². The highest BCUT2D eigenvalue weighted by atomic mass is 32.2. The first-order valence-electron chi connectivity index (χ1n) is 30.2. The summed E-state index contributed by atoms with van der Waals surface area (Å²) in [7, 11) is 0. The molecule has 2 N–H and O–H groups in total. The Morgan fingerprint density at radius 1 is 0.304 bits per heavy atom. The van der Waals surface area contributed by atoms with Crippen LogP contribution in [-0.4, -0.2) is 63.7 Å². The van der Waals surface area contributed by atoms with Crippen LogP contribution in [0, 0.1) is 0 Å². The molecule has 6 aliphatic rings. The molecule has 3 aromatic heterocycles. The van der Waals surface area contributed by atoms with Crippen LogP contribution in [0.1, 0.15) is 99.3 Å². The summed E-state index contributed by atoms with van der Waals surface area (Å²) in [4.78, 5) is 97.0. The maximum atomic E-state index is 12.6. The molecule has 6 aliphatic heterocycles. The van der Waals surface area contributed by atoms with Gasteiger partial charge in [0, 0.05) is 83.0 Å². The molecule has 9 heterocycles. The molecule has 4 unspecified atom stereocenters. The minimum atomic E-state index is -0.244. The number of rotatable bonds is 8. The number of carbonyl (C=O) groups excluding carboxylic acids is 4. The van der Waals surface area contributed by atoms with Gasteiger partial charge in [-0.15, -0.1) is 0 Å². The van der Waals surface area contributed by atoms with Gasteiger partial charge in [-0.05, 0) is 167 Å². The zero-order valence-electron chi connectivity index (χ0n) is 49.6. The summed E-state index contributed by atoms with van der Waals surface area (Å²) >= 11 is 6.17. The Bertz CT molecular complexity index is 4980. The lowest BCUT2D eigenvalue weighted by molar-refractivity contribution is -0.136. The average molecular weight is 1280 g/mol. The van der Waals surface area contributed by atoms with E-state index < -0.39 is 0 Å². The fraction of sp³-hybridized carbons (Fsp3) is 0.167. The number of nitrogens with one attached hydrogen (secondary N) is 2. The molecule has 8 aromatic carbocycles. The van der Waals surface area contributed by atoms with Gasteiger partial charge in [0.2, 0.25) is 0 Å². The molecule has 0 amide bonds. The third-order valence-electron chi connectivity index (χ3n) is 17.5. The molecule has 8 bridgehead atoms. The Hall–Kier alpha value is -9.60. The first-order chi connectivity index (χ1) is 44.7. The predicted octanol–water partition coefficient (Wildman–Crippen LogP) is 17.1. The van der Waals surface area contributed by atoms with Crippen LogP contribution in [0.25, 0.3) is 89.7 Å². The van der Waals surface area contributed by atoms with Gasteiger partial charge in [0.25, 0.3) is 0 Å². The quantitative estimate of drug-likeness (QED) is 0.107. The van der Waals surface area contributed by atoms with Gasteiger partial charge in [-0.25, -0.2) is 29.9 Å². The molecule has 0 fully saturated rings. The largest absolute Gasteiger partial charge is 0.426 e. The summed E-state index contributed by atoms with van der Waals surface area (Å²) in [5.74, 6) is 3.22. The number of aromatic nitrogens is 8. The van der Waals surface area contributed by atoms with Gasteiger partial charge in [-0.1, -0.05) is 99.0 Å². The Kier molecular flexibility index (Phi) is 13.5. The molecule has 0 aliphatic carbocycles. The first kappa shape index (κ1) is 56.4. The van der Waals surface area contributed by atoms with Crippen molar-refractivity contribution in [1.82, 2.24) is 39.9 Å². The molecule has 0 radical (unpaired) electrons. The van der Waals surface area contributed by atoms with E-state index in [2.05, 4.69) is 58.5 Å². The number of fused-ring (bicyclic) bond motifs is 24. The van der Waals surface area contributed by atoms with Gasteiger partial charge in [-0.3, -0.25) is 19.2 Å². The van der Waals surface area contributed by atoms with Crippen LogP contribution >= 0.6 is 47.0 Å². The summed E-state index contributed by atoms with van der Waals surface area (Å²) in [5, 5.41) is 3.12. The summed E-state index contributed by atoms with van der Waals surface area (Å²) in [6, 6.07) is 48.7. The third-order valence-corrected chi connectivity index (χ3v) is 21.4. The summed E-state index contributed by atoms with van der Waals surface area (Å²) < 4.78 is 22.9. The lowest BCUT2D eigenvalue weighted by Crippen LogP contribution is -2.18. The zero-order valence-corrected chi connectivity index (χ0v) is 52.8. The number of H-pyrrole nitrogens is 2. The summed E-state index contributed by atoms with van der Waals surface area (Å²) in [5.41, 5.74) is 9.05. The Morgan fingerprint density at radius 3 is 0.891 bits per heavy atom. The van der Waals surface area contributed by atoms with Crippen molar-refractivity contribution in [3.8, 4) is 68.5 Å². The average Bonchev–Trinajstić information content (AvgIpc) is 1.57. The monoisotopic (exact) mass is 1280 g/mol. The number of esters is 4. The molecule has 92 heavy (non-hydrogen) atoms. The maximum absolute atomic E-state index is 12.6. The van der Waals surface area contributed by atoms with E-state index in [1.54, 1.807) is 47.0 Å². The highest BCUT2D eigenvalue weighted by Crippen LogP contribution is 2.47. The number of aromatic amines is 2. The molecule has 11 aromatic rings. The number of carbonyl (C=O) groups is 4. The third kappa shape index (κ3) is 10.2. The summed E-state index contributed by atoms with van der Waals surface area (Å²) in [6.07, 6.45) is 1.35. The Balaban J connectivity index is 0.858. The van der Waals surface area contributed by atoms with E-state index in [-0.39, 0.29) is 47.5 Å². The second-order valence-electron chi connectivity index (χ2n) is 24.0. The van der Waals surface area contributed by atoms with E-state index in [0.29, 0.717) is 94.6 Å². The van der Waals surface area contributed by atoms with Gasteiger partial charge in [0.05, 0.1) is 25.7 Å². The van der Waals surface area contributed by atoms with Gasteiger partial charge in [0.1, 0.15) is 45.6 Å². The van der Waals surface area contributed by atoms with Crippen molar-refractivity contribution in [3.63, 3.8) is 0 Å². The van der Waals surface area contributed by atoms with E-state index in [4.69, 9.17) is 48.9 Å². The van der Waals surface area contributed by atoms with Crippen LogP contribution in [0.2, 0.25) is 0 Å². The van der Waals surface area contributed by atoms with Gasteiger partial charge in [0.15, 0.2) is 23.3 Å². The standard InChI is InChI=1S/C72H50N8O8S4/c1-33-21-61(81)85-57-29-41(5-13-45(33)57)89-37-9-17-49-53(25-37)69-73-65(49)78-70-55-27-39(91-43-7-15-47-35(3)23-63(83)87-59(47)31-43)11-19-51(55)67(75-70)80-72-56-28-40(92-44-8-16-48-36(4)24-64(84)88-60(48)32-44)12-20-52(56)68(76-72)79-71-54-26-38(10-18-50(54)66(74-71)77-69)90-42-6-14-46-34(2)22-62(82)86-58(46)30-42/h5-20,25-36H,21-24H2,1-4H3,(H2,73,74,75,76,77,78,79,80). The second-order valence-corrected chi connectivity index (χ2v) is 28.6. The number of hydrogen-bond acceptors (Lipinski definition) is 18. The van der Waals surface area contributed by atoms with E-state index in [9.17, 15) is 19.2 Å². The number of nitrogens with zero attached hydrogens (tertiary/aromatic N) is 6. The van der Waals surface area contributed by atoms with Crippen LogP contribution in [0.3, 0.4) is 0 Å². The SMILES string of the molecule is CC1CC(=O)Oc2cc(Sc3ccc4c(c3)-c3nc-4nc4[nH]c(nc5nc(nc6[nH]c(n3)c3ccc(Sc7ccc8c(c7)OC(=O)CC8C)cc63)-c3ccc(Sc6ccc7c(c6)OC(=O)CC7C)cc3-5)c3ccc(Sc5ccc6c(c5)OC(=O)CC6C)cc43)ccc21. The predicted molar refractivity (Wildman–Crippen MR) is 353 cm³/mol. The van der Waals surface area contributed by atoms with Crippen molar-refractivity contribution < 1.29 is 38.1 Å². The molecular weight excluding hydrogens is 1230 g/mol. The van der Waals surface area contributed by atoms with Crippen molar-refractivity contribution >= 4 is 115 Å².